The van der Waals surface area contributed by atoms with Crippen molar-refractivity contribution in [3.05, 3.63) is 0 Å². The second-order valence-corrected chi connectivity index (χ2v) is 15.2. The standard InChI is InChI=1S/C22H40O3.C21H38O4/c1-5-7-8-9-10-11-12-13-14-15-16-17-18-20-21(19(23)6-2)25-22(3,4)24-20;1-4-5-6-7-8-9-10-11-12-13-14-15-16-19-20(18(23)17-22)25-21(2,3)24-19/h19-21,23H,5-10,13-18H2,1-4H3;18-20,22-23H,4-8,11-17H2,1-3H3/t19-,20-,21-;18-,19+,20-/m00/s1. The summed E-state index contributed by atoms with van der Waals surface area (Å²) < 4.78 is 23.5. The van der Waals surface area contributed by atoms with Crippen molar-refractivity contribution in [2.45, 2.75) is 244 Å². The molecule has 0 radical (unpaired) electrons. The Morgan fingerprint density at radius 3 is 1.16 bits per heavy atom. The van der Waals surface area contributed by atoms with Gasteiger partial charge in [0.1, 0.15) is 18.3 Å². The second-order valence-electron chi connectivity index (χ2n) is 15.2. The average molecular weight is 707 g/mol. The Labute approximate surface area is 308 Å². The topological polar surface area (TPSA) is 97.6 Å². The van der Waals surface area contributed by atoms with Gasteiger partial charge in [-0.25, -0.2) is 0 Å². The van der Waals surface area contributed by atoms with Gasteiger partial charge in [-0.1, -0.05) is 97.8 Å². The molecule has 50 heavy (non-hydrogen) atoms. The number of hydrogen-bond acceptors (Lipinski definition) is 7. The van der Waals surface area contributed by atoms with Crippen LogP contribution in [-0.4, -0.2) is 70.1 Å². The molecule has 0 unspecified atom stereocenters. The maximum atomic E-state index is 10.1. The highest BCUT2D eigenvalue weighted by molar-refractivity contribution is 4.99. The summed E-state index contributed by atoms with van der Waals surface area (Å²) in [5.41, 5.74) is 0. The number of aliphatic hydroxyl groups is 3. The summed E-state index contributed by atoms with van der Waals surface area (Å²) in [6, 6.07) is 0. The molecule has 2 aliphatic heterocycles. The van der Waals surface area contributed by atoms with Crippen LogP contribution in [-0.2, 0) is 18.9 Å². The van der Waals surface area contributed by atoms with Crippen LogP contribution in [0.3, 0.4) is 0 Å². The molecule has 3 N–H and O–H groups in total. The van der Waals surface area contributed by atoms with E-state index in [1.807, 2.05) is 34.6 Å². The van der Waals surface area contributed by atoms with Crippen LogP contribution >= 0.6 is 0 Å². The van der Waals surface area contributed by atoms with E-state index < -0.39 is 29.9 Å². The van der Waals surface area contributed by atoms with Crippen molar-refractivity contribution < 1.29 is 34.3 Å². The van der Waals surface area contributed by atoms with Crippen LogP contribution in [0.25, 0.3) is 0 Å². The van der Waals surface area contributed by atoms with E-state index in [4.69, 9.17) is 24.1 Å². The van der Waals surface area contributed by atoms with Gasteiger partial charge in [0.05, 0.1) is 24.9 Å². The Morgan fingerprint density at radius 1 is 0.480 bits per heavy atom. The van der Waals surface area contributed by atoms with Gasteiger partial charge in [-0.2, -0.15) is 0 Å². The third-order valence-electron chi connectivity index (χ3n) is 9.45. The van der Waals surface area contributed by atoms with Gasteiger partial charge in [-0.3, -0.25) is 0 Å². The van der Waals surface area contributed by atoms with Crippen LogP contribution in [0.5, 0.6) is 0 Å². The zero-order valence-corrected chi connectivity index (χ0v) is 33.4. The number of ether oxygens (including phenoxy) is 4. The minimum absolute atomic E-state index is 0.0212. The first-order valence-electron chi connectivity index (χ1n) is 20.6. The van der Waals surface area contributed by atoms with Crippen LogP contribution in [0, 0.1) is 23.7 Å². The molecule has 0 spiro atoms. The Bertz CT molecular complexity index is 866. The minimum Gasteiger partial charge on any atom is -0.394 e. The first kappa shape index (κ1) is 46.9. The van der Waals surface area contributed by atoms with Crippen molar-refractivity contribution in [2.24, 2.45) is 0 Å². The van der Waals surface area contributed by atoms with E-state index in [0.29, 0.717) is 6.42 Å². The number of aliphatic hydroxyl groups excluding tert-OH is 3. The van der Waals surface area contributed by atoms with Gasteiger partial charge in [-0.15, -0.1) is 23.7 Å². The van der Waals surface area contributed by atoms with Crippen LogP contribution in [0.15, 0.2) is 0 Å². The Morgan fingerprint density at radius 2 is 0.820 bits per heavy atom. The molecule has 7 heteroatoms. The summed E-state index contributed by atoms with van der Waals surface area (Å²) in [4.78, 5) is 0. The molecule has 2 aliphatic rings. The molecular weight excluding hydrogens is 628 g/mol. The number of rotatable bonds is 24. The van der Waals surface area contributed by atoms with Gasteiger partial charge in [0.2, 0.25) is 0 Å². The maximum absolute atomic E-state index is 10.1. The fourth-order valence-electron chi connectivity index (χ4n) is 6.62. The van der Waals surface area contributed by atoms with Crippen molar-refractivity contribution >= 4 is 0 Å². The first-order chi connectivity index (χ1) is 24.0. The highest BCUT2D eigenvalue weighted by Gasteiger charge is 2.44. The molecule has 0 saturated carbocycles. The minimum atomic E-state index is -0.876. The van der Waals surface area contributed by atoms with Gasteiger partial charge in [0.15, 0.2) is 11.6 Å². The zero-order chi connectivity index (χ0) is 37.1. The molecule has 0 amide bonds. The molecular formula is C43H78O7. The summed E-state index contributed by atoms with van der Waals surface area (Å²) in [5.74, 6) is 11.9. The van der Waals surface area contributed by atoms with E-state index >= 15 is 0 Å². The Hall–Kier alpha value is -1.16. The molecule has 6 atom stereocenters. The van der Waals surface area contributed by atoms with E-state index in [9.17, 15) is 10.2 Å². The Kier molecular flexibility index (Phi) is 26.6. The lowest BCUT2D eigenvalue weighted by Crippen LogP contribution is -2.37. The van der Waals surface area contributed by atoms with E-state index in [2.05, 4.69) is 37.5 Å². The van der Waals surface area contributed by atoms with Gasteiger partial charge in [-0.05, 0) is 72.6 Å². The lowest BCUT2D eigenvalue weighted by molar-refractivity contribution is -0.157. The highest BCUT2D eigenvalue weighted by Crippen LogP contribution is 2.34. The van der Waals surface area contributed by atoms with Crippen molar-refractivity contribution in [1.82, 2.24) is 0 Å². The average Bonchev–Trinajstić information content (AvgIpc) is 3.58. The predicted molar refractivity (Wildman–Crippen MR) is 206 cm³/mol. The molecule has 2 fully saturated rings. The van der Waals surface area contributed by atoms with Crippen LogP contribution in [0.4, 0.5) is 0 Å². The third kappa shape index (κ3) is 22.0. The molecule has 7 nitrogen and oxygen atoms in total. The normalized spacial score (nSPS) is 23.2. The Balaban J connectivity index is 0.000000500. The van der Waals surface area contributed by atoms with Gasteiger partial charge < -0.3 is 34.3 Å². The summed E-state index contributed by atoms with van der Waals surface area (Å²) in [7, 11) is 0. The third-order valence-corrected chi connectivity index (χ3v) is 9.45. The van der Waals surface area contributed by atoms with Gasteiger partial charge in [0, 0.05) is 25.7 Å². The SMILES string of the molecule is CCCCCCC#CCCCCCC[C@@H]1OC(C)(C)O[C@H]1[C@@H](O)CC.CCCCCCC#CCCCCCC[C@H]1OC(C)(C)O[C@H]1[C@@H](O)CO. The summed E-state index contributed by atoms with van der Waals surface area (Å²) in [6.07, 6.45) is 24.2. The van der Waals surface area contributed by atoms with Crippen LogP contribution < -0.4 is 0 Å². The molecule has 2 saturated heterocycles. The fourth-order valence-corrected chi connectivity index (χ4v) is 6.62. The summed E-state index contributed by atoms with van der Waals surface area (Å²) in [5, 5.41) is 29.2. The number of hydrogen-bond donors (Lipinski definition) is 3. The molecule has 2 rings (SSSR count). The fraction of sp³-hybridized carbons (Fsp3) is 0.907. The molecule has 0 aromatic carbocycles. The number of unbranched alkanes of at least 4 members (excludes halogenated alkanes) is 16. The first-order valence-corrected chi connectivity index (χ1v) is 20.6. The monoisotopic (exact) mass is 707 g/mol. The van der Waals surface area contributed by atoms with Crippen molar-refractivity contribution in [1.29, 1.82) is 0 Å². The zero-order valence-electron chi connectivity index (χ0n) is 33.4. The van der Waals surface area contributed by atoms with Crippen LogP contribution in [0.1, 0.15) is 196 Å². The van der Waals surface area contributed by atoms with E-state index in [-0.39, 0.29) is 24.9 Å². The maximum Gasteiger partial charge on any atom is 0.163 e. The molecule has 0 bridgehead atoms. The molecule has 0 aromatic heterocycles. The lowest BCUT2D eigenvalue weighted by Gasteiger charge is -2.21. The molecule has 0 aromatic rings. The van der Waals surface area contributed by atoms with Crippen LogP contribution in [0.2, 0.25) is 0 Å². The summed E-state index contributed by atoms with van der Waals surface area (Å²) >= 11 is 0. The smallest absolute Gasteiger partial charge is 0.163 e. The lowest BCUT2D eigenvalue weighted by atomic mass is 10.00. The molecule has 0 aliphatic carbocycles. The van der Waals surface area contributed by atoms with Gasteiger partial charge in [0.25, 0.3) is 0 Å². The largest absolute Gasteiger partial charge is 0.394 e. The van der Waals surface area contributed by atoms with E-state index in [0.717, 1.165) is 64.2 Å². The highest BCUT2D eigenvalue weighted by atomic mass is 16.8. The summed E-state index contributed by atoms with van der Waals surface area (Å²) in [6.45, 7) is 13.7. The van der Waals surface area contributed by atoms with Crippen molar-refractivity contribution in [3.8, 4) is 23.7 Å². The van der Waals surface area contributed by atoms with Crippen molar-refractivity contribution in [3.63, 3.8) is 0 Å². The predicted octanol–water partition coefficient (Wildman–Crippen LogP) is 9.77. The quantitative estimate of drug-likeness (QED) is 0.0679. The molecule has 2 heterocycles. The molecule has 292 valence electrons. The second kappa shape index (κ2) is 28.4. The van der Waals surface area contributed by atoms with Crippen molar-refractivity contribution in [2.75, 3.05) is 6.61 Å². The van der Waals surface area contributed by atoms with E-state index in [1.54, 1.807) is 0 Å². The van der Waals surface area contributed by atoms with E-state index in [1.165, 1.54) is 77.0 Å². The van der Waals surface area contributed by atoms with Gasteiger partial charge >= 0.3 is 0 Å².